The number of hydrogen-bond donors (Lipinski definition) is 0. The van der Waals surface area contributed by atoms with Crippen LogP contribution >= 0.6 is 0 Å². The zero-order valence-electron chi connectivity index (χ0n) is 43.2. The van der Waals surface area contributed by atoms with Crippen LogP contribution < -0.4 is 9.80 Å². The zero-order valence-corrected chi connectivity index (χ0v) is 43.2. The van der Waals surface area contributed by atoms with Crippen LogP contribution in [0.5, 0.6) is 0 Å². The molecule has 6 heteroatoms. The lowest BCUT2D eigenvalue weighted by molar-refractivity contribution is 0.656. The van der Waals surface area contributed by atoms with E-state index >= 15 is 0 Å². The minimum absolute atomic E-state index is 0.430. The topological polar surface area (TPSA) is 59.0 Å². The molecule has 0 aliphatic heterocycles. The smallest absolute Gasteiger partial charge is 0.139 e. The van der Waals surface area contributed by atoms with Crippen LogP contribution in [0.25, 0.3) is 109 Å². The quantitative estimate of drug-likeness (QED) is 0.151. The highest BCUT2D eigenvalue weighted by atomic mass is 16.3. The van der Waals surface area contributed by atoms with Crippen molar-refractivity contribution in [2.75, 3.05) is 9.80 Å². The Hall–Kier alpha value is -9.26. The molecular formula is C70H52N2O4. The molecule has 15 aromatic rings. The summed E-state index contributed by atoms with van der Waals surface area (Å²) in [6, 6.07) is 70.0. The molecule has 0 bridgehead atoms. The molecule has 0 N–H and O–H groups in total. The molecule has 0 saturated heterocycles. The van der Waals surface area contributed by atoms with Gasteiger partial charge in [0.25, 0.3) is 0 Å². The van der Waals surface area contributed by atoms with Crippen molar-refractivity contribution in [3.8, 4) is 0 Å². The van der Waals surface area contributed by atoms with Crippen molar-refractivity contribution >= 4 is 143 Å². The highest BCUT2D eigenvalue weighted by Crippen LogP contribution is 2.47. The molecule has 0 amide bonds. The van der Waals surface area contributed by atoms with Crippen molar-refractivity contribution in [2.45, 2.75) is 53.4 Å². The molecule has 0 saturated carbocycles. The van der Waals surface area contributed by atoms with Gasteiger partial charge >= 0.3 is 0 Å². The van der Waals surface area contributed by atoms with Crippen molar-refractivity contribution in [1.82, 2.24) is 0 Å². The number of aryl methyl sites for hydroxylation is 2. The van der Waals surface area contributed by atoms with E-state index < -0.39 is 0 Å². The Balaban J connectivity index is 0.827. The van der Waals surface area contributed by atoms with Gasteiger partial charge < -0.3 is 27.5 Å². The molecule has 4 aromatic heterocycles. The molecule has 366 valence electrons. The van der Waals surface area contributed by atoms with Crippen molar-refractivity contribution in [2.24, 2.45) is 0 Å². The summed E-state index contributed by atoms with van der Waals surface area (Å²) >= 11 is 0. The van der Waals surface area contributed by atoms with Gasteiger partial charge in [-0.15, -0.1) is 0 Å². The van der Waals surface area contributed by atoms with Gasteiger partial charge in [-0.2, -0.15) is 0 Å². The fourth-order valence-corrected chi connectivity index (χ4v) is 12.1. The first kappa shape index (κ1) is 44.2. The SMILES string of the molecule is Cc1c(N(c2ccc(C(C)C)cc2)c2ccc3cc4c(cc3c2)oc2cc3oc5cc6cc(N(c7ccc(C(C)C)cc7)c7ccc8oc9ccccc9c8c7C)ccc6cc5c3cc24)ccc2oc3ccccc3c12. The molecule has 0 atom stereocenters. The summed E-state index contributed by atoms with van der Waals surface area (Å²) in [7, 11) is 0. The number of benzene rings is 11. The van der Waals surface area contributed by atoms with Gasteiger partial charge in [0.15, 0.2) is 0 Å². The second kappa shape index (κ2) is 16.6. The van der Waals surface area contributed by atoms with E-state index in [1.807, 2.05) is 24.3 Å². The molecule has 4 heterocycles. The highest BCUT2D eigenvalue weighted by molar-refractivity contribution is 6.19. The normalized spacial score (nSPS) is 12.3. The average Bonchev–Trinajstić information content (AvgIpc) is 4.30. The summed E-state index contributed by atoms with van der Waals surface area (Å²) in [6.45, 7) is 13.4. The Morgan fingerprint density at radius 2 is 0.671 bits per heavy atom. The van der Waals surface area contributed by atoms with E-state index in [1.165, 1.54) is 11.1 Å². The van der Waals surface area contributed by atoms with E-state index in [-0.39, 0.29) is 0 Å². The molecule has 0 unspecified atom stereocenters. The second-order valence-electron chi connectivity index (χ2n) is 21.3. The predicted molar refractivity (Wildman–Crippen MR) is 318 cm³/mol. The molecule has 0 aliphatic carbocycles. The first-order chi connectivity index (χ1) is 37.1. The molecule has 0 spiro atoms. The predicted octanol–water partition coefficient (Wildman–Crippen LogP) is 21.4. The number of fused-ring (bicyclic) bond motifs is 14. The summed E-state index contributed by atoms with van der Waals surface area (Å²) in [5.41, 5.74) is 18.3. The summed E-state index contributed by atoms with van der Waals surface area (Å²) in [6.07, 6.45) is 0. The van der Waals surface area contributed by atoms with Crippen LogP contribution in [0.1, 0.15) is 61.8 Å². The van der Waals surface area contributed by atoms with Crippen LogP contribution in [0.4, 0.5) is 34.1 Å². The van der Waals surface area contributed by atoms with Gasteiger partial charge in [-0.1, -0.05) is 100 Å². The third-order valence-electron chi connectivity index (χ3n) is 16.1. The van der Waals surface area contributed by atoms with Crippen LogP contribution in [-0.2, 0) is 0 Å². The third-order valence-corrected chi connectivity index (χ3v) is 16.1. The van der Waals surface area contributed by atoms with Gasteiger partial charge in [0, 0.05) is 83.3 Å². The molecule has 15 rings (SSSR count). The molecule has 6 nitrogen and oxygen atoms in total. The summed E-state index contributed by atoms with van der Waals surface area (Å²) in [5, 5.41) is 13.3. The van der Waals surface area contributed by atoms with Gasteiger partial charge in [-0.3, -0.25) is 0 Å². The van der Waals surface area contributed by atoms with Gasteiger partial charge in [0.05, 0.1) is 0 Å². The Morgan fingerprint density at radius 3 is 1.11 bits per heavy atom. The first-order valence-electron chi connectivity index (χ1n) is 26.4. The molecule has 0 fully saturated rings. The minimum Gasteiger partial charge on any atom is -0.456 e. The van der Waals surface area contributed by atoms with Crippen molar-refractivity contribution in [1.29, 1.82) is 0 Å². The number of rotatable bonds is 8. The van der Waals surface area contributed by atoms with E-state index in [1.54, 1.807) is 0 Å². The maximum Gasteiger partial charge on any atom is 0.139 e. The van der Waals surface area contributed by atoms with Crippen LogP contribution in [0.2, 0.25) is 0 Å². The van der Waals surface area contributed by atoms with E-state index in [9.17, 15) is 0 Å². The van der Waals surface area contributed by atoms with Gasteiger partial charge in [-0.25, -0.2) is 0 Å². The van der Waals surface area contributed by atoms with E-state index in [0.29, 0.717) is 11.8 Å². The summed E-state index contributed by atoms with van der Waals surface area (Å²) in [5.74, 6) is 0.861. The van der Waals surface area contributed by atoms with Gasteiger partial charge in [0.2, 0.25) is 0 Å². The van der Waals surface area contributed by atoms with Crippen LogP contribution in [0.3, 0.4) is 0 Å². The number of hydrogen-bond acceptors (Lipinski definition) is 6. The van der Waals surface area contributed by atoms with Gasteiger partial charge in [-0.05, 0) is 185 Å². The maximum absolute atomic E-state index is 6.75. The Morgan fingerprint density at radius 1 is 0.289 bits per heavy atom. The summed E-state index contributed by atoms with van der Waals surface area (Å²) < 4.78 is 26.2. The Labute approximate surface area is 438 Å². The number of anilines is 6. The maximum atomic E-state index is 6.75. The first-order valence-corrected chi connectivity index (χ1v) is 26.4. The highest BCUT2D eigenvalue weighted by Gasteiger charge is 2.23. The lowest BCUT2D eigenvalue weighted by Crippen LogP contribution is -2.11. The fraction of sp³-hybridized carbons (Fsp3) is 0.114. The fourth-order valence-electron chi connectivity index (χ4n) is 12.1. The van der Waals surface area contributed by atoms with Gasteiger partial charge in [0.1, 0.15) is 44.7 Å². The van der Waals surface area contributed by atoms with E-state index in [2.05, 4.69) is 221 Å². The average molecular weight is 985 g/mol. The van der Waals surface area contributed by atoms with Crippen molar-refractivity contribution < 1.29 is 17.7 Å². The minimum atomic E-state index is 0.430. The van der Waals surface area contributed by atoms with Crippen LogP contribution in [0.15, 0.2) is 212 Å². The largest absolute Gasteiger partial charge is 0.456 e. The molecular weight excluding hydrogens is 933 g/mol. The van der Waals surface area contributed by atoms with E-state index in [0.717, 1.165) is 155 Å². The molecule has 0 aliphatic rings. The number of nitrogens with zero attached hydrogens (tertiary/aromatic N) is 2. The van der Waals surface area contributed by atoms with Crippen molar-refractivity contribution in [3.05, 3.63) is 216 Å². The number of para-hydroxylation sites is 2. The standard InChI is InChI=1S/C70H52N2O4/c1-39(2)43-15-21-49(22-16-43)71(59-27-29-63-69(41(59)5)53-11-7-9-13-61(53)73-63)51-25-19-45-33-55-57-37-58-56-34-46-20-26-52(32-48(46)36-66(56)76-68(58)38-67(57)75-65(55)35-47(45)31-51)72(50-23-17-44(18-24-50)40(3)4)60-28-30-64-70(42(60)6)54-12-8-10-14-62(54)74-64/h7-40H,1-6H3. The third kappa shape index (κ3) is 6.80. The lowest BCUT2D eigenvalue weighted by Gasteiger charge is -2.28. The van der Waals surface area contributed by atoms with E-state index in [4.69, 9.17) is 17.7 Å². The Kier molecular flexibility index (Phi) is 9.68. The van der Waals surface area contributed by atoms with Crippen molar-refractivity contribution in [3.63, 3.8) is 0 Å². The monoisotopic (exact) mass is 984 g/mol. The lowest BCUT2D eigenvalue weighted by atomic mass is 10.00. The van der Waals surface area contributed by atoms with Crippen LogP contribution in [0, 0.1) is 13.8 Å². The second-order valence-corrected chi connectivity index (χ2v) is 21.3. The Bertz CT molecular complexity index is 4550. The number of furan rings is 4. The molecule has 76 heavy (non-hydrogen) atoms. The molecule has 0 radical (unpaired) electrons. The zero-order chi connectivity index (χ0) is 51.1. The molecule has 11 aromatic carbocycles. The summed E-state index contributed by atoms with van der Waals surface area (Å²) in [4.78, 5) is 4.75. The van der Waals surface area contributed by atoms with Crippen LogP contribution in [-0.4, -0.2) is 0 Å².